The van der Waals surface area contributed by atoms with E-state index in [1.54, 1.807) is 6.07 Å². The minimum absolute atomic E-state index is 0.0163. The lowest BCUT2D eigenvalue weighted by Gasteiger charge is -2.16. The van der Waals surface area contributed by atoms with Crippen molar-refractivity contribution in [1.29, 1.82) is 0 Å². The fraction of sp³-hybridized carbons (Fsp3) is 0.381. The molecule has 2 amide bonds. The van der Waals surface area contributed by atoms with E-state index in [0.717, 1.165) is 12.1 Å². The molecule has 13 heteroatoms. The molecule has 0 saturated heterocycles. The van der Waals surface area contributed by atoms with Gasteiger partial charge in [-0.3, -0.25) is 24.4 Å². The number of nitrogens with one attached hydrogen (secondary N) is 3. The summed E-state index contributed by atoms with van der Waals surface area (Å²) in [5, 5.41) is 15.4. The molecule has 182 valence electrons. The zero-order chi connectivity index (χ0) is 24.9. The molecule has 0 bridgehead atoms. The molecule has 1 atom stereocenters. The minimum Gasteiger partial charge on any atom is -0.354 e. The maximum absolute atomic E-state index is 14.2. The topological polar surface area (TPSA) is 118 Å². The first-order chi connectivity index (χ1) is 16.0. The molecule has 0 aliphatic rings. The maximum atomic E-state index is 14.2. The number of carbonyl (C=O) groups excluding carboxylic acids is 2. The van der Waals surface area contributed by atoms with Crippen LogP contribution in [-0.4, -0.2) is 50.0 Å². The number of aromatic amines is 1. The van der Waals surface area contributed by atoms with E-state index in [-0.39, 0.29) is 42.5 Å². The molecule has 3 rings (SSSR count). The lowest BCUT2D eigenvalue weighted by Crippen LogP contribution is -2.27. The van der Waals surface area contributed by atoms with Gasteiger partial charge in [0.2, 0.25) is 5.91 Å². The second-order valence-electron chi connectivity index (χ2n) is 7.64. The number of aromatic nitrogens is 5. The average Bonchev–Trinajstić information content (AvgIpc) is 2.74. The monoisotopic (exact) mass is 481 g/mol. The highest BCUT2D eigenvalue weighted by Crippen LogP contribution is 2.30. The van der Waals surface area contributed by atoms with E-state index >= 15 is 0 Å². The second-order valence-corrected chi connectivity index (χ2v) is 7.64. The van der Waals surface area contributed by atoms with Gasteiger partial charge in [0, 0.05) is 12.7 Å². The number of aryl methyl sites for hydroxylation is 2. The number of H-pyrrole nitrogens is 1. The number of alkyl halides is 4. The first-order valence-corrected chi connectivity index (χ1v) is 10.3. The van der Waals surface area contributed by atoms with Crippen molar-refractivity contribution in [2.24, 2.45) is 0 Å². The number of hydrogen-bond acceptors (Lipinski definition) is 5. The quantitative estimate of drug-likeness (QED) is 0.407. The van der Waals surface area contributed by atoms with Gasteiger partial charge in [-0.15, -0.1) is 5.10 Å². The molecular formula is C21H23F4N7O2. The number of hydrogen-bond donors (Lipinski definition) is 3. The largest absolute Gasteiger partial charge is 0.416 e. The van der Waals surface area contributed by atoms with Crippen molar-refractivity contribution in [3.8, 4) is 0 Å². The molecule has 0 aliphatic heterocycles. The zero-order valence-corrected chi connectivity index (χ0v) is 18.4. The van der Waals surface area contributed by atoms with Crippen LogP contribution in [0, 0.1) is 6.92 Å². The highest BCUT2D eigenvalue weighted by molar-refractivity contribution is 5.92. The van der Waals surface area contributed by atoms with E-state index in [4.69, 9.17) is 0 Å². The fourth-order valence-electron chi connectivity index (χ4n) is 3.16. The van der Waals surface area contributed by atoms with Crippen molar-refractivity contribution in [2.45, 2.75) is 45.1 Å². The number of pyridine rings is 1. The summed E-state index contributed by atoms with van der Waals surface area (Å²) in [5.41, 5.74) is 0.134. The highest BCUT2D eigenvalue weighted by Gasteiger charge is 2.31. The molecule has 3 heterocycles. The number of amides is 2. The van der Waals surface area contributed by atoms with Gasteiger partial charge in [-0.05, 0) is 44.0 Å². The number of anilines is 1. The van der Waals surface area contributed by atoms with Gasteiger partial charge in [-0.2, -0.15) is 18.3 Å². The molecule has 3 N–H and O–H groups in total. The van der Waals surface area contributed by atoms with Crippen LogP contribution in [0.5, 0.6) is 0 Å². The Morgan fingerprint density at radius 1 is 1.18 bits per heavy atom. The van der Waals surface area contributed by atoms with E-state index in [1.807, 2.05) is 0 Å². The Bertz CT molecular complexity index is 1130. The van der Waals surface area contributed by atoms with Crippen molar-refractivity contribution in [3.63, 3.8) is 0 Å². The summed E-state index contributed by atoms with van der Waals surface area (Å²) < 4.78 is 54.4. The molecule has 0 saturated carbocycles. The number of carbonyl (C=O) groups is 2. The van der Waals surface area contributed by atoms with Gasteiger partial charge in [-0.1, -0.05) is 0 Å². The SMILES string of the molecule is CNC(=O)c1cn(CC(F)CCc2ccc(NC(=O)Cc3cc(C(F)(F)F)cc(C)n3)nn2)[nH]1. The molecule has 3 aromatic rings. The van der Waals surface area contributed by atoms with E-state index in [9.17, 15) is 27.2 Å². The van der Waals surface area contributed by atoms with Crippen LogP contribution in [0.4, 0.5) is 23.4 Å². The first-order valence-electron chi connectivity index (χ1n) is 10.3. The van der Waals surface area contributed by atoms with Crippen LogP contribution in [0.2, 0.25) is 0 Å². The van der Waals surface area contributed by atoms with Crippen LogP contribution < -0.4 is 10.6 Å². The Labute approximate surface area is 192 Å². The van der Waals surface area contributed by atoms with Crippen molar-refractivity contribution in [3.05, 3.63) is 58.8 Å². The van der Waals surface area contributed by atoms with Crippen molar-refractivity contribution in [2.75, 3.05) is 12.4 Å². The van der Waals surface area contributed by atoms with Gasteiger partial charge < -0.3 is 10.6 Å². The summed E-state index contributed by atoms with van der Waals surface area (Å²) in [6.45, 7) is 1.48. The summed E-state index contributed by atoms with van der Waals surface area (Å²) in [5.74, 6) is -0.760. The summed E-state index contributed by atoms with van der Waals surface area (Å²) >= 11 is 0. The predicted octanol–water partition coefficient (Wildman–Crippen LogP) is 2.84. The van der Waals surface area contributed by atoms with Gasteiger partial charge in [0.1, 0.15) is 11.9 Å². The number of nitrogens with zero attached hydrogens (tertiary/aromatic N) is 4. The molecule has 0 fully saturated rings. The van der Waals surface area contributed by atoms with Gasteiger partial charge in [0.15, 0.2) is 5.82 Å². The summed E-state index contributed by atoms with van der Waals surface area (Å²) in [6.07, 6.45) is -4.09. The summed E-state index contributed by atoms with van der Waals surface area (Å²) in [4.78, 5) is 27.5. The maximum Gasteiger partial charge on any atom is 0.416 e. The molecule has 34 heavy (non-hydrogen) atoms. The third kappa shape index (κ3) is 6.86. The van der Waals surface area contributed by atoms with Crippen LogP contribution >= 0.6 is 0 Å². The standard InChI is InChI=1S/C21H23F4N7O2/c1-12-7-13(21(23,24)25)8-16(27-12)9-19(33)28-18-6-5-15(29-30-18)4-3-14(22)10-32-11-17(31-32)20(34)26-2/h5-8,11,14,31H,3-4,9-10H2,1-2H3,(H,26,34)(H,28,30,33). The van der Waals surface area contributed by atoms with Crippen LogP contribution in [-0.2, 0) is 30.4 Å². The van der Waals surface area contributed by atoms with E-state index < -0.39 is 23.8 Å². The molecule has 0 aliphatic carbocycles. The minimum atomic E-state index is -4.53. The van der Waals surface area contributed by atoms with Crippen molar-refractivity contribution < 1.29 is 27.2 Å². The van der Waals surface area contributed by atoms with Crippen LogP contribution in [0.15, 0.2) is 30.5 Å². The Balaban J connectivity index is 1.47. The molecule has 1 unspecified atom stereocenters. The van der Waals surface area contributed by atoms with Gasteiger partial charge >= 0.3 is 6.18 Å². The van der Waals surface area contributed by atoms with Crippen molar-refractivity contribution >= 4 is 17.6 Å². The van der Waals surface area contributed by atoms with Crippen LogP contribution in [0.1, 0.15) is 39.6 Å². The number of halogens is 4. The Hall–Kier alpha value is -3.77. The van der Waals surface area contributed by atoms with Gasteiger partial charge in [0.25, 0.3) is 5.91 Å². The molecule has 3 aromatic heterocycles. The van der Waals surface area contributed by atoms with Crippen molar-refractivity contribution in [1.82, 2.24) is 30.3 Å². The summed E-state index contributed by atoms with van der Waals surface area (Å²) in [7, 11) is 1.50. The normalized spacial score (nSPS) is 12.4. The van der Waals surface area contributed by atoms with E-state index in [2.05, 4.69) is 30.9 Å². The Morgan fingerprint density at radius 3 is 2.53 bits per heavy atom. The number of rotatable bonds is 9. The highest BCUT2D eigenvalue weighted by atomic mass is 19.4. The van der Waals surface area contributed by atoms with Gasteiger partial charge in [-0.25, -0.2) is 4.39 Å². The molecule has 0 aromatic carbocycles. The average molecular weight is 481 g/mol. The van der Waals surface area contributed by atoms with Crippen LogP contribution in [0.3, 0.4) is 0 Å². The Morgan fingerprint density at radius 2 is 1.91 bits per heavy atom. The van der Waals surface area contributed by atoms with Crippen LogP contribution in [0.25, 0.3) is 0 Å². The smallest absolute Gasteiger partial charge is 0.354 e. The third-order valence-electron chi connectivity index (χ3n) is 4.79. The molecular weight excluding hydrogens is 458 g/mol. The fourth-order valence-corrected chi connectivity index (χ4v) is 3.16. The second kappa shape index (κ2) is 10.4. The van der Waals surface area contributed by atoms with Gasteiger partial charge in [0.05, 0.1) is 36.1 Å². The third-order valence-corrected chi connectivity index (χ3v) is 4.79. The molecule has 0 spiro atoms. The Kier molecular flexibility index (Phi) is 7.64. The molecule has 9 nitrogen and oxygen atoms in total. The zero-order valence-electron chi connectivity index (χ0n) is 18.4. The lowest BCUT2D eigenvalue weighted by molar-refractivity contribution is -0.137. The molecule has 0 radical (unpaired) electrons. The van der Waals surface area contributed by atoms with E-state index in [1.165, 1.54) is 30.9 Å². The predicted molar refractivity (Wildman–Crippen MR) is 114 cm³/mol. The lowest BCUT2D eigenvalue weighted by atomic mass is 10.1. The summed E-state index contributed by atoms with van der Waals surface area (Å²) in [6, 6.07) is 4.80. The first kappa shape index (κ1) is 24.9. The van der Waals surface area contributed by atoms with E-state index in [0.29, 0.717) is 17.8 Å².